The van der Waals surface area contributed by atoms with Crippen molar-refractivity contribution in [1.82, 2.24) is 0 Å². The standard InChI is InChI=1S/C20H23NO3/c1-13-11-18(23-2)19(24-3)12-17(13)21-20(22)16-10-6-8-14-7-4-5-9-15(14)16/h4-5,7,9,11-12,16H,6,8,10H2,1-3H3,(H,21,22). The molecule has 2 aromatic carbocycles. The Kier molecular flexibility index (Phi) is 4.74. The first-order valence-electron chi connectivity index (χ1n) is 8.25. The second kappa shape index (κ2) is 6.95. The number of aryl methyl sites for hydroxylation is 2. The molecule has 0 fully saturated rings. The molecule has 126 valence electrons. The maximum Gasteiger partial charge on any atom is 0.231 e. The van der Waals surface area contributed by atoms with Gasteiger partial charge in [-0.25, -0.2) is 0 Å². The Balaban J connectivity index is 1.86. The van der Waals surface area contributed by atoms with Gasteiger partial charge in [-0.05, 0) is 48.9 Å². The zero-order chi connectivity index (χ0) is 17.1. The third-order valence-corrected chi connectivity index (χ3v) is 4.67. The lowest BCUT2D eigenvalue weighted by Crippen LogP contribution is -2.25. The van der Waals surface area contributed by atoms with Crippen LogP contribution in [0, 0.1) is 6.92 Å². The van der Waals surface area contributed by atoms with Crippen LogP contribution in [-0.4, -0.2) is 20.1 Å². The highest BCUT2D eigenvalue weighted by Gasteiger charge is 2.26. The molecule has 1 amide bonds. The fourth-order valence-corrected chi connectivity index (χ4v) is 3.36. The van der Waals surface area contributed by atoms with E-state index in [1.54, 1.807) is 14.2 Å². The van der Waals surface area contributed by atoms with Gasteiger partial charge in [-0.1, -0.05) is 24.3 Å². The van der Waals surface area contributed by atoms with Crippen LogP contribution in [0.25, 0.3) is 0 Å². The number of carbonyl (C=O) groups excluding carboxylic acids is 1. The van der Waals surface area contributed by atoms with E-state index in [1.807, 2.05) is 31.2 Å². The van der Waals surface area contributed by atoms with Crippen molar-refractivity contribution in [3.8, 4) is 11.5 Å². The summed E-state index contributed by atoms with van der Waals surface area (Å²) < 4.78 is 10.6. The molecule has 4 heteroatoms. The molecule has 24 heavy (non-hydrogen) atoms. The molecule has 1 N–H and O–H groups in total. The van der Waals surface area contributed by atoms with E-state index in [1.165, 1.54) is 5.56 Å². The molecule has 1 atom stereocenters. The number of nitrogens with one attached hydrogen (secondary N) is 1. The van der Waals surface area contributed by atoms with Gasteiger partial charge in [-0.15, -0.1) is 0 Å². The second-order valence-corrected chi connectivity index (χ2v) is 6.15. The Morgan fingerprint density at radius 3 is 2.58 bits per heavy atom. The number of hydrogen-bond acceptors (Lipinski definition) is 3. The normalized spacial score (nSPS) is 16.2. The Morgan fingerprint density at radius 1 is 1.12 bits per heavy atom. The van der Waals surface area contributed by atoms with Gasteiger partial charge in [-0.2, -0.15) is 0 Å². The molecule has 0 radical (unpaired) electrons. The molecule has 1 unspecified atom stereocenters. The molecule has 2 aromatic rings. The van der Waals surface area contributed by atoms with Crippen molar-refractivity contribution in [2.75, 3.05) is 19.5 Å². The van der Waals surface area contributed by atoms with Crippen molar-refractivity contribution < 1.29 is 14.3 Å². The van der Waals surface area contributed by atoms with Gasteiger partial charge in [0.1, 0.15) is 0 Å². The molecule has 4 nitrogen and oxygen atoms in total. The average molecular weight is 325 g/mol. The zero-order valence-corrected chi connectivity index (χ0v) is 14.4. The van der Waals surface area contributed by atoms with Crippen LogP contribution < -0.4 is 14.8 Å². The van der Waals surface area contributed by atoms with Crippen LogP contribution in [0.15, 0.2) is 36.4 Å². The molecule has 0 saturated carbocycles. The molecule has 1 aliphatic rings. The fraction of sp³-hybridized carbons (Fsp3) is 0.350. The van der Waals surface area contributed by atoms with Crippen LogP contribution in [-0.2, 0) is 11.2 Å². The Labute approximate surface area is 142 Å². The van der Waals surface area contributed by atoms with Crippen molar-refractivity contribution in [2.45, 2.75) is 32.1 Å². The number of benzene rings is 2. The van der Waals surface area contributed by atoms with E-state index in [2.05, 4.69) is 17.4 Å². The SMILES string of the molecule is COc1cc(C)c(NC(=O)C2CCCc3ccccc32)cc1OC. The van der Waals surface area contributed by atoms with Crippen LogP contribution in [0.1, 0.15) is 35.4 Å². The fourth-order valence-electron chi connectivity index (χ4n) is 3.36. The summed E-state index contributed by atoms with van der Waals surface area (Å²) in [6.07, 6.45) is 2.98. The predicted octanol–water partition coefficient (Wildman–Crippen LogP) is 4.07. The third-order valence-electron chi connectivity index (χ3n) is 4.67. The summed E-state index contributed by atoms with van der Waals surface area (Å²) in [5, 5.41) is 3.07. The van der Waals surface area contributed by atoms with Crippen molar-refractivity contribution in [3.05, 3.63) is 53.1 Å². The van der Waals surface area contributed by atoms with Crippen molar-refractivity contribution >= 4 is 11.6 Å². The summed E-state index contributed by atoms with van der Waals surface area (Å²) in [4.78, 5) is 12.9. The molecular formula is C20H23NO3. The van der Waals surface area contributed by atoms with Gasteiger partial charge in [0.15, 0.2) is 11.5 Å². The zero-order valence-electron chi connectivity index (χ0n) is 14.4. The first-order chi connectivity index (χ1) is 11.6. The number of anilines is 1. The molecule has 1 aliphatic carbocycles. The van der Waals surface area contributed by atoms with E-state index in [0.29, 0.717) is 11.5 Å². The summed E-state index contributed by atoms with van der Waals surface area (Å²) in [6.45, 7) is 1.95. The molecular weight excluding hydrogens is 302 g/mol. The van der Waals surface area contributed by atoms with Crippen molar-refractivity contribution in [1.29, 1.82) is 0 Å². The maximum atomic E-state index is 12.9. The van der Waals surface area contributed by atoms with E-state index >= 15 is 0 Å². The number of ether oxygens (including phenoxy) is 2. The monoisotopic (exact) mass is 325 g/mol. The summed E-state index contributed by atoms with van der Waals surface area (Å²) in [7, 11) is 3.20. The number of rotatable bonds is 4. The molecule has 0 aromatic heterocycles. The maximum absolute atomic E-state index is 12.9. The van der Waals surface area contributed by atoms with Crippen molar-refractivity contribution in [3.63, 3.8) is 0 Å². The smallest absolute Gasteiger partial charge is 0.231 e. The lowest BCUT2D eigenvalue weighted by molar-refractivity contribution is -0.117. The van der Waals surface area contributed by atoms with Crippen LogP contribution in [0.5, 0.6) is 11.5 Å². The van der Waals surface area contributed by atoms with Crippen molar-refractivity contribution in [2.24, 2.45) is 0 Å². The van der Waals surface area contributed by atoms with Gasteiger partial charge in [-0.3, -0.25) is 4.79 Å². The third kappa shape index (κ3) is 3.09. The molecule has 0 heterocycles. The minimum absolute atomic E-state index is 0.0393. The highest BCUT2D eigenvalue weighted by atomic mass is 16.5. The molecule has 0 spiro atoms. The van der Waals surface area contributed by atoms with Gasteiger partial charge in [0.25, 0.3) is 0 Å². The van der Waals surface area contributed by atoms with E-state index in [4.69, 9.17) is 9.47 Å². The highest BCUT2D eigenvalue weighted by molar-refractivity contribution is 5.97. The largest absolute Gasteiger partial charge is 0.493 e. The van der Waals surface area contributed by atoms with Crippen LogP contribution >= 0.6 is 0 Å². The number of amides is 1. The highest BCUT2D eigenvalue weighted by Crippen LogP contribution is 2.35. The quantitative estimate of drug-likeness (QED) is 0.922. The number of methoxy groups -OCH3 is 2. The summed E-state index contributed by atoms with van der Waals surface area (Å²) in [5.74, 6) is 1.22. The second-order valence-electron chi connectivity index (χ2n) is 6.15. The summed E-state index contributed by atoms with van der Waals surface area (Å²) >= 11 is 0. The number of hydrogen-bond donors (Lipinski definition) is 1. The Morgan fingerprint density at radius 2 is 1.83 bits per heavy atom. The van der Waals surface area contributed by atoms with Gasteiger partial charge in [0.2, 0.25) is 5.91 Å². The minimum Gasteiger partial charge on any atom is -0.493 e. The van der Waals surface area contributed by atoms with Gasteiger partial charge in [0, 0.05) is 11.8 Å². The number of fused-ring (bicyclic) bond motifs is 1. The molecule has 0 bridgehead atoms. The lowest BCUT2D eigenvalue weighted by Gasteiger charge is -2.25. The molecule has 0 saturated heterocycles. The predicted molar refractivity (Wildman–Crippen MR) is 95.0 cm³/mol. The van der Waals surface area contributed by atoms with E-state index < -0.39 is 0 Å². The van der Waals surface area contributed by atoms with Gasteiger partial charge < -0.3 is 14.8 Å². The van der Waals surface area contributed by atoms with Gasteiger partial charge in [0.05, 0.1) is 20.1 Å². The van der Waals surface area contributed by atoms with Gasteiger partial charge >= 0.3 is 0 Å². The van der Waals surface area contributed by atoms with E-state index in [-0.39, 0.29) is 11.8 Å². The Bertz CT molecular complexity index is 755. The van der Waals surface area contributed by atoms with Crippen LogP contribution in [0.4, 0.5) is 5.69 Å². The molecule has 3 rings (SSSR count). The lowest BCUT2D eigenvalue weighted by atomic mass is 9.82. The first-order valence-corrected chi connectivity index (χ1v) is 8.25. The average Bonchev–Trinajstić information content (AvgIpc) is 2.62. The summed E-state index contributed by atoms with van der Waals surface area (Å²) in [6, 6.07) is 11.9. The number of carbonyl (C=O) groups is 1. The molecule has 0 aliphatic heterocycles. The first kappa shape index (κ1) is 16.4. The topological polar surface area (TPSA) is 47.6 Å². The minimum atomic E-state index is -0.0950. The Hall–Kier alpha value is -2.49. The van der Waals surface area contributed by atoms with Crippen LogP contribution in [0.2, 0.25) is 0 Å². The van der Waals surface area contributed by atoms with E-state index in [0.717, 1.165) is 36.1 Å². The summed E-state index contributed by atoms with van der Waals surface area (Å²) in [5.41, 5.74) is 4.15. The van der Waals surface area contributed by atoms with Crippen LogP contribution in [0.3, 0.4) is 0 Å². The van der Waals surface area contributed by atoms with E-state index in [9.17, 15) is 4.79 Å².